The molecule has 4 heterocycles. The Morgan fingerprint density at radius 3 is 2.57 bits per heavy atom. The third kappa shape index (κ3) is 4.24. The van der Waals surface area contributed by atoms with Crippen molar-refractivity contribution in [1.29, 1.82) is 0 Å². The van der Waals surface area contributed by atoms with Gasteiger partial charge in [0.2, 0.25) is 0 Å². The summed E-state index contributed by atoms with van der Waals surface area (Å²) >= 11 is 0. The first-order chi connectivity index (χ1) is 16.8. The van der Waals surface area contributed by atoms with Crippen LogP contribution in [0.2, 0.25) is 0 Å². The average molecular weight is 483 g/mol. The topological polar surface area (TPSA) is 76.0 Å². The number of hydrogen-bond donors (Lipinski definition) is 1. The minimum atomic E-state index is -4.46. The number of piperidine rings is 1. The smallest absolute Gasteiger partial charge is 0.417 e. The van der Waals surface area contributed by atoms with Gasteiger partial charge in [-0.1, -0.05) is 0 Å². The van der Waals surface area contributed by atoms with E-state index in [1.165, 1.54) is 22.5 Å². The van der Waals surface area contributed by atoms with Crippen LogP contribution >= 0.6 is 0 Å². The Labute approximate surface area is 199 Å². The molecule has 1 saturated heterocycles. The molecule has 0 bridgehead atoms. The van der Waals surface area contributed by atoms with Gasteiger partial charge in [0, 0.05) is 36.4 Å². The van der Waals surface area contributed by atoms with Gasteiger partial charge in [-0.3, -0.25) is 4.79 Å². The number of rotatable bonds is 4. The molecular weight excluding hydrogens is 459 g/mol. The van der Waals surface area contributed by atoms with E-state index in [4.69, 9.17) is 4.74 Å². The molecule has 5 rings (SSSR count). The zero-order valence-corrected chi connectivity index (χ0v) is 19.3. The van der Waals surface area contributed by atoms with E-state index in [-0.39, 0.29) is 11.7 Å². The van der Waals surface area contributed by atoms with Crippen molar-refractivity contribution in [3.05, 3.63) is 71.3 Å². The molecule has 3 aromatic heterocycles. The second kappa shape index (κ2) is 8.75. The van der Waals surface area contributed by atoms with Crippen LogP contribution in [0.3, 0.4) is 0 Å². The van der Waals surface area contributed by atoms with Crippen molar-refractivity contribution in [3.8, 4) is 11.6 Å². The summed E-state index contributed by atoms with van der Waals surface area (Å²) < 4.78 is 45.2. The molecule has 0 unspecified atom stereocenters. The number of carbonyl (C=O) groups excluding carboxylic acids is 1. The number of H-pyrrole nitrogens is 1. The van der Waals surface area contributed by atoms with Gasteiger partial charge < -0.3 is 14.6 Å². The Hall–Kier alpha value is -3.82. The quantitative estimate of drug-likeness (QED) is 0.438. The predicted octanol–water partition coefficient (Wildman–Crippen LogP) is 5.10. The van der Waals surface area contributed by atoms with Gasteiger partial charge >= 0.3 is 6.18 Å². The van der Waals surface area contributed by atoms with Crippen LogP contribution in [-0.4, -0.2) is 50.8 Å². The van der Waals surface area contributed by atoms with Crippen LogP contribution in [0.25, 0.3) is 16.7 Å². The van der Waals surface area contributed by atoms with Crippen LogP contribution in [0, 0.1) is 6.92 Å². The second-order valence-electron chi connectivity index (χ2n) is 8.68. The summed E-state index contributed by atoms with van der Waals surface area (Å²) in [5.41, 5.74) is 2.40. The lowest BCUT2D eigenvalue weighted by atomic mass is 9.89. The highest BCUT2D eigenvalue weighted by Gasteiger charge is 2.31. The average Bonchev–Trinajstić information content (AvgIpc) is 3.46. The van der Waals surface area contributed by atoms with E-state index in [0.717, 1.165) is 41.8 Å². The first-order valence-corrected chi connectivity index (χ1v) is 11.3. The number of aromatic nitrogens is 4. The van der Waals surface area contributed by atoms with Crippen LogP contribution in [0.4, 0.5) is 13.2 Å². The van der Waals surface area contributed by atoms with Crippen LogP contribution in [0.15, 0.2) is 48.9 Å². The number of pyridine rings is 1. The normalized spacial score (nSPS) is 15.1. The third-order valence-electron chi connectivity index (χ3n) is 6.68. The summed E-state index contributed by atoms with van der Waals surface area (Å²) in [5, 5.41) is 5.34. The minimum absolute atomic E-state index is 0.139. The molecule has 0 spiro atoms. The van der Waals surface area contributed by atoms with Gasteiger partial charge in [0.15, 0.2) is 5.82 Å². The number of likely N-dealkylation sites (tertiary alicyclic amines) is 1. The Kier molecular flexibility index (Phi) is 5.74. The van der Waals surface area contributed by atoms with E-state index >= 15 is 0 Å². The lowest BCUT2D eigenvalue weighted by molar-refractivity contribution is -0.137. The number of nitrogens with zero attached hydrogens (tertiary/aromatic N) is 4. The van der Waals surface area contributed by atoms with Crippen molar-refractivity contribution in [2.45, 2.75) is 31.9 Å². The van der Waals surface area contributed by atoms with Crippen LogP contribution in [0.1, 0.15) is 45.9 Å². The largest absolute Gasteiger partial charge is 0.497 e. The number of halogens is 3. The number of alkyl halides is 3. The molecule has 1 amide bonds. The van der Waals surface area contributed by atoms with Gasteiger partial charge in [-0.25, -0.2) is 9.67 Å². The van der Waals surface area contributed by atoms with E-state index in [1.807, 2.05) is 24.4 Å². The maximum absolute atomic E-state index is 13.2. The summed E-state index contributed by atoms with van der Waals surface area (Å²) in [6.45, 7) is 2.91. The highest BCUT2D eigenvalue weighted by Crippen LogP contribution is 2.35. The summed E-state index contributed by atoms with van der Waals surface area (Å²) in [6, 6.07) is 8.16. The summed E-state index contributed by atoms with van der Waals surface area (Å²) in [7, 11) is 1.65. The van der Waals surface area contributed by atoms with Crippen LogP contribution in [-0.2, 0) is 6.18 Å². The van der Waals surface area contributed by atoms with Crippen LogP contribution < -0.4 is 4.74 Å². The van der Waals surface area contributed by atoms with Gasteiger partial charge in [-0.05, 0) is 61.6 Å². The number of hydrogen-bond acceptors (Lipinski definition) is 4. The van der Waals surface area contributed by atoms with E-state index in [1.54, 1.807) is 18.9 Å². The highest BCUT2D eigenvalue weighted by atomic mass is 19.4. The number of aromatic amines is 1. The summed E-state index contributed by atoms with van der Waals surface area (Å²) in [4.78, 5) is 22.2. The first kappa shape index (κ1) is 22.9. The molecule has 0 saturated carbocycles. The Balaban J connectivity index is 1.29. The van der Waals surface area contributed by atoms with Crippen molar-refractivity contribution in [2.75, 3.05) is 20.2 Å². The van der Waals surface area contributed by atoms with Gasteiger partial charge in [-0.15, -0.1) is 0 Å². The minimum Gasteiger partial charge on any atom is -0.497 e. The molecule has 1 aliphatic heterocycles. The monoisotopic (exact) mass is 483 g/mol. The zero-order valence-electron chi connectivity index (χ0n) is 19.3. The number of amides is 1. The number of benzene rings is 1. The van der Waals surface area contributed by atoms with E-state index in [9.17, 15) is 18.0 Å². The third-order valence-corrected chi connectivity index (χ3v) is 6.68. The van der Waals surface area contributed by atoms with E-state index in [0.29, 0.717) is 30.3 Å². The lowest BCUT2D eigenvalue weighted by Crippen LogP contribution is -2.38. The molecule has 35 heavy (non-hydrogen) atoms. The molecular formula is C25H24F3N5O2. The number of methoxy groups -OCH3 is 1. The van der Waals surface area contributed by atoms with Gasteiger partial charge in [0.1, 0.15) is 5.75 Å². The van der Waals surface area contributed by atoms with Crippen LogP contribution in [0.5, 0.6) is 5.75 Å². The molecule has 0 atom stereocenters. The molecule has 0 aliphatic carbocycles. The van der Waals surface area contributed by atoms with Gasteiger partial charge in [0.05, 0.1) is 30.1 Å². The second-order valence-corrected chi connectivity index (χ2v) is 8.68. The SMILES string of the molecule is COc1ccc2[nH]cc(C3CCN(C(=O)c4cnn(-c5ccc(C(F)(F)F)cn5)c4C)CC3)c2c1. The standard InChI is InChI=1S/C25H24F3N5O2/c1-15-20(14-31-33(15)23-6-3-17(12-30-23)25(26,27)28)24(34)32-9-7-16(8-10-32)21-13-29-22-5-4-18(35-2)11-19(21)22/h3-6,11-14,16,29H,7-10H2,1-2H3. The lowest BCUT2D eigenvalue weighted by Gasteiger charge is -2.32. The van der Waals surface area contributed by atoms with Crippen molar-refractivity contribution in [3.63, 3.8) is 0 Å². The fraction of sp³-hybridized carbons (Fsp3) is 0.320. The predicted molar refractivity (Wildman–Crippen MR) is 124 cm³/mol. The van der Waals surface area contributed by atoms with E-state index in [2.05, 4.69) is 15.1 Å². The molecule has 182 valence electrons. The number of fused-ring (bicyclic) bond motifs is 1. The fourth-order valence-electron chi connectivity index (χ4n) is 4.68. The van der Waals surface area contributed by atoms with E-state index < -0.39 is 11.7 Å². The Bertz CT molecular complexity index is 1370. The van der Waals surface area contributed by atoms with Gasteiger partial charge in [-0.2, -0.15) is 18.3 Å². The van der Waals surface area contributed by atoms with Crippen molar-refractivity contribution in [1.82, 2.24) is 24.6 Å². The summed E-state index contributed by atoms with van der Waals surface area (Å²) in [5.74, 6) is 1.21. The molecule has 1 fully saturated rings. The fourth-order valence-corrected chi connectivity index (χ4v) is 4.68. The maximum Gasteiger partial charge on any atom is 0.417 e. The molecule has 7 nitrogen and oxygen atoms in total. The first-order valence-electron chi connectivity index (χ1n) is 11.3. The van der Waals surface area contributed by atoms with Gasteiger partial charge in [0.25, 0.3) is 5.91 Å². The molecule has 0 radical (unpaired) electrons. The Morgan fingerprint density at radius 2 is 1.91 bits per heavy atom. The number of carbonyl (C=O) groups is 1. The molecule has 10 heteroatoms. The Morgan fingerprint density at radius 1 is 1.14 bits per heavy atom. The highest BCUT2D eigenvalue weighted by molar-refractivity contribution is 5.95. The van der Waals surface area contributed by atoms with Crippen molar-refractivity contribution >= 4 is 16.8 Å². The molecule has 4 aromatic rings. The molecule has 1 N–H and O–H groups in total. The zero-order chi connectivity index (χ0) is 24.7. The van der Waals surface area contributed by atoms with Crippen molar-refractivity contribution in [2.24, 2.45) is 0 Å². The molecule has 1 aromatic carbocycles. The number of nitrogens with one attached hydrogen (secondary N) is 1. The number of ether oxygens (including phenoxy) is 1. The summed E-state index contributed by atoms with van der Waals surface area (Å²) in [6.07, 6.45) is 1.44. The molecule has 1 aliphatic rings. The maximum atomic E-state index is 13.2. The van der Waals surface area contributed by atoms with Crippen molar-refractivity contribution < 1.29 is 22.7 Å².